The lowest BCUT2D eigenvalue weighted by molar-refractivity contribution is 0.0476. The van der Waals surface area contributed by atoms with E-state index in [1.165, 1.54) is 12.0 Å². The molecular formula is C16H20FNO4. The van der Waals surface area contributed by atoms with E-state index in [2.05, 4.69) is 0 Å². The molecule has 1 N–H and O–H groups in total. The Hall–Kier alpha value is -1.82. The number of nitrogens with zero attached hydrogens (tertiary/aromatic N) is 1. The van der Waals surface area contributed by atoms with E-state index in [9.17, 15) is 14.3 Å². The highest BCUT2D eigenvalue weighted by Gasteiger charge is 2.44. The van der Waals surface area contributed by atoms with Gasteiger partial charge in [-0.2, -0.15) is 0 Å². The van der Waals surface area contributed by atoms with Crippen molar-refractivity contribution in [2.75, 3.05) is 7.11 Å². The van der Waals surface area contributed by atoms with Crippen molar-refractivity contribution in [3.63, 3.8) is 0 Å². The van der Waals surface area contributed by atoms with E-state index < -0.39 is 11.9 Å². The topological polar surface area (TPSA) is 59.0 Å². The van der Waals surface area contributed by atoms with Gasteiger partial charge >= 0.3 is 6.09 Å². The van der Waals surface area contributed by atoms with Gasteiger partial charge in [-0.1, -0.05) is 12.1 Å². The molecule has 2 bridgehead atoms. The van der Waals surface area contributed by atoms with Gasteiger partial charge < -0.3 is 19.5 Å². The van der Waals surface area contributed by atoms with Crippen LogP contribution in [0.25, 0.3) is 0 Å². The number of amides is 1. The van der Waals surface area contributed by atoms with Crippen LogP contribution in [-0.2, 0) is 11.3 Å². The summed E-state index contributed by atoms with van der Waals surface area (Å²) < 4.78 is 25.1. The number of fused-ring (bicyclic) bond motifs is 2. The Labute approximate surface area is 128 Å². The first-order valence-electron chi connectivity index (χ1n) is 7.54. The van der Waals surface area contributed by atoms with Crippen molar-refractivity contribution >= 4 is 6.09 Å². The van der Waals surface area contributed by atoms with Gasteiger partial charge in [-0.25, -0.2) is 9.18 Å². The molecular weight excluding hydrogens is 289 g/mol. The maximum Gasteiger partial charge on any atom is 0.407 e. The lowest BCUT2D eigenvalue weighted by Crippen LogP contribution is -2.48. The lowest BCUT2D eigenvalue weighted by Gasteiger charge is -2.37. The van der Waals surface area contributed by atoms with Crippen molar-refractivity contribution in [2.24, 2.45) is 0 Å². The van der Waals surface area contributed by atoms with Crippen LogP contribution in [0.3, 0.4) is 0 Å². The standard InChI is InChI=1S/C16H20FNO4/c1-21-9-10-3-2-4-14(15(10)17)22-13-7-11-5-6-12(8-13)18(11)16(19)20/h2-4,11-13H,5-9H2,1H3,(H,19,20)/t11-,12+,13+. The monoisotopic (exact) mass is 309 g/mol. The SMILES string of the molecule is COCc1cccc(O[C@H]2C[C@H]3CC[C@@H](C2)N3C(=O)O)c1F. The van der Waals surface area contributed by atoms with Crippen LogP contribution in [0.4, 0.5) is 9.18 Å². The maximum atomic E-state index is 14.3. The Morgan fingerprint density at radius 3 is 2.64 bits per heavy atom. The molecule has 3 atom stereocenters. The van der Waals surface area contributed by atoms with Crippen molar-refractivity contribution in [3.05, 3.63) is 29.6 Å². The normalized spacial score (nSPS) is 27.0. The Morgan fingerprint density at radius 2 is 2.05 bits per heavy atom. The van der Waals surface area contributed by atoms with Crippen molar-refractivity contribution in [3.8, 4) is 5.75 Å². The highest BCUT2D eigenvalue weighted by atomic mass is 19.1. The second-order valence-electron chi connectivity index (χ2n) is 5.95. The summed E-state index contributed by atoms with van der Waals surface area (Å²) in [6, 6.07) is 5.01. The number of halogens is 1. The van der Waals surface area contributed by atoms with Crippen molar-refractivity contribution in [2.45, 2.75) is 50.5 Å². The zero-order valence-electron chi connectivity index (χ0n) is 12.5. The molecule has 2 saturated heterocycles. The van der Waals surface area contributed by atoms with E-state index in [0.29, 0.717) is 18.4 Å². The van der Waals surface area contributed by atoms with Gasteiger partial charge in [-0.3, -0.25) is 0 Å². The minimum absolute atomic E-state index is 0.00790. The van der Waals surface area contributed by atoms with E-state index in [1.54, 1.807) is 18.2 Å². The predicted octanol–water partition coefficient (Wildman–Crippen LogP) is 3.02. The average molecular weight is 309 g/mol. The van der Waals surface area contributed by atoms with E-state index in [4.69, 9.17) is 9.47 Å². The molecule has 0 radical (unpaired) electrons. The third kappa shape index (κ3) is 2.75. The number of benzene rings is 1. The molecule has 5 nitrogen and oxygen atoms in total. The lowest BCUT2D eigenvalue weighted by atomic mass is 10.00. The Morgan fingerprint density at radius 1 is 1.36 bits per heavy atom. The second kappa shape index (κ2) is 6.12. The molecule has 0 aromatic heterocycles. The van der Waals surface area contributed by atoms with Crippen LogP contribution in [0, 0.1) is 5.82 Å². The summed E-state index contributed by atoms with van der Waals surface area (Å²) in [5, 5.41) is 9.25. The average Bonchev–Trinajstić information content (AvgIpc) is 2.76. The van der Waals surface area contributed by atoms with Gasteiger partial charge in [-0.05, 0) is 18.9 Å². The Bertz CT molecular complexity index is 551. The molecule has 2 aliphatic heterocycles. The van der Waals surface area contributed by atoms with Gasteiger partial charge in [-0.15, -0.1) is 0 Å². The number of methoxy groups -OCH3 is 1. The molecule has 1 aromatic carbocycles. The smallest absolute Gasteiger partial charge is 0.407 e. The number of carboxylic acid groups (broad SMARTS) is 1. The van der Waals surface area contributed by atoms with Gasteiger partial charge in [0.15, 0.2) is 11.6 Å². The molecule has 2 fully saturated rings. The van der Waals surface area contributed by atoms with Crippen molar-refractivity contribution < 1.29 is 23.8 Å². The summed E-state index contributed by atoms with van der Waals surface area (Å²) in [5.41, 5.74) is 0.464. The molecule has 120 valence electrons. The fraction of sp³-hybridized carbons (Fsp3) is 0.562. The molecule has 1 aromatic rings. The van der Waals surface area contributed by atoms with Crippen molar-refractivity contribution in [1.29, 1.82) is 0 Å². The predicted molar refractivity (Wildman–Crippen MR) is 77.4 cm³/mol. The summed E-state index contributed by atoms with van der Waals surface area (Å²) in [5.74, 6) is -0.167. The second-order valence-corrected chi connectivity index (χ2v) is 5.95. The van der Waals surface area contributed by atoms with Crippen LogP contribution in [0.1, 0.15) is 31.2 Å². The molecule has 6 heteroatoms. The van der Waals surface area contributed by atoms with Gasteiger partial charge in [0.25, 0.3) is 0 Å². The summed E-state index contributed by atoms with van der Waals surface area (Å²) in [6.07, 6.45) is 1.97. The maximum absolute atomic E-state index is 14.3. The molecule has 0 spiro atoms. The van der Waals surface area contributed by atoms with Gasteiger partial charge in [0.05, 0.1) is 6.61 Å². The number of rotatable bonds is 4. The van der Waals surface area contributed by atoms with E-state index in [-0.39, 0.29) is 30.5 Å². The first-order valence-corrected chi connectivity index (χ1v) is 7.54. The van der Waals surface area contributed by atoms with Crippen LogP contribution in [0.5, 0.6) is 5.75 Å². The van der Waals surface area contributed by atoms with Gasteiger partial charge in [0, 0.05) is 37.6 Å². The molecule has 2 heterocycles. The summed E-state index contributed by atoms with van der Waals surface area (Å²) in [7, 11) is 1.52. The highest BCUT2D eigenvalue weighted by Crippen LogP contribution is 2.37. The first kappa shape index (κ1) is 15.1. The number of piperidine rings is 1. The largest absolute Gasteiger partial charge is 0.487 e. The molecule has 2 aliphatic rings. The fourth-order valence-corrected chi connectivity index (χ4v) is 3.63. The van der Waals surface area contributed by atoms with Crippen LogP contribution in [-0.4, -0.2) is 41.4 Å². The third-order valence-corrected chi connectivity index (χ3v) is 4.55. The zero-order chi connectivity index (χ0) is 15.7. The van der Waals surface area contributed by atoms with Crippen LogP contribution in [0.2, 0.25) is 0 Å². The number of hydrogen-bond donors (Lipinski definition) is 1. The summed E-state index contributed by atoms with van der Waals surface area (Å²) in [4.78, 5) is 12.8. The Kier molecular flexibility index (Phi) is 4.20. The quantitative estimate of drug-likeness (QED) is 0.929. The number of carbonyl (C=O) groups is 1. The van der Waals surface area contributed by atoms with E-state index >= 15 is 0 Å². The summed E-state index contributed by atoms with van der Waals surface area (Å²) >= 11 is 0. The highest BCUT2D eigenvalue weighted by molar-refractivity contribution is 5.66. The molecule has 0 unspecified atom stereocenters. The third-order valence-electron chi connectivity index (χ3n) is 4.55. The summed E-state index contributed by atoms with van der Waals surface area (Å²) in [6.45, 7) is 0.200. The van der Waals surface area contributed by atoms with Crippen LogP contribution in [0.15, 0.2) is 18.2 Å². The number of hydrogen-bond acceptors (Lipinski definition) is 3. The molecule has 3 rings (SSSR count). The van der Waals surface area contributed by atoms with Crippen molar-refractivity contribution in [1.82, 2.24) is 4.90 Å². The molecule has 22 heavy (non-hydrogen) atoms. The van der Waals surface area contributed by atoms with Gasteiger partial charge in [0.1, 0.15) is 6.10 Å². The fourth-order valence-electron chi connectivity index (χ4n) is 3.63. The van der Waals surface area contributed by atoms with Crippen LogP contribution < -0.4 is 4.74 Å². The minimum Gasteiger partial charge on any atom is -0.487 e. The molecule has 0 aliphatic carbocycles. The zero-order valence-corrected chi connectivity index (χ0v) is 12.5. The van der Waals surface area contributed by atoms with Crippen LogP contribution >= 0.6 is 0 Å². The van der Waals surface area contributed by atoms with E-state index in [0.717, 1.165) is 12.8 Å². The van der Waals surface area contributed by atoms with Gasteiger partial charge in [0.2, 0.25) is 0 Å². The minimum atomic E-state index is -0.862. The molecule has 1 amide bonds. The molecule has 0 saturated carbocycles. The van der Waals surface area contributed by atoms with E-state index in [1.807, 2.05) is 0 Å². The Balaban J connectivity index is 1.71. The number of ether oxygens (including phenoxy) is 2. The first-order chi connectivity index (χ1) is 10.6.